The third kappa shape index (κ3) is 8.77. The number of nitrogens with zero attached hydrogens (tertiary/aromatic N) is 2. The minimum atomic E-state index is -2.00. The van der Waals surface area contributed by atoms with Crippen LogP contribution in [0.3, 0.4) is 0 Å². The van der Waals surface area contributed by atoms with Gasteiger partial charge in [0.15, 0.2) is 18.6 Å². The molecule has 0 unspecified atom stereocenters. The van der Waals surface area contributed by atoms with Gasteiger partial charge in [-0.1, -0.05) is 0 Å². The highest BCUT2D eigenvalue weighted by molar-refractivity contribution is 7.99. The first-order valence-corrected chi connectivity index (χ1v) is 16.1. The third-order valence-electron chi connectivity index (χ3n) is 8.10. The molecule has 1 aromatic rings. The van der Waals surface area contributed by atoms with Crippen LogP contribution in [0.4, 0.5) is 10.6 Å². The van der Waals surface area contributed by atoms with Gasteiger partial charge in [-0.25, -0.2) is 19.2 Å². The molecular weight excluding hydrogens is 696 g/mol. The van der Waals surface area contributed by atoms with Gasteiger partial charge in [-0.3, -0.25) is 14.2 Å². The zero-order chi connectivity index (χ0) is 37.0. The van der Waals surface area contributed by atoms with Crippen LogP contribution in [0, 0.1) is 0 Å². The van der Waals surface area contributed by atoms with Gasteiger partial charge in [-0.2, -0.15) is 16.7 Å². The van der Waals surface area contributed by atoms with Crippen molar-refractivity contribution in [2.24, 2.45) is 17.2 Å². The molecule has 0 saturated carbocycles. The van der Waals surface area contributed by atoms with Gasteiger partial charge >= 0.3 is 29.6 Å². The average Bonchev–Trinajstić information content (AvgIpc) is 3.36. The number of thioether (sulfide) groups is 1. The first kappa shape index (κ1) is 38.7. The Hall–Kier alpha value is -4.14. The summed E-state index contributed by atoms with van der Waals surface area (Å²) in [7, 11) is 0. The number of ether oxygens (including phenoxy) is 4. The van der Waals surface area contributed by atoms with Gasteiger partial charge in [0, 0.05) is 24.4 Å². The lowest BCUT2D eigenvalue weighted by Crippen LogP contribution is -2.68. The number of nitrogens with one attached hydrogen (secondary N) is 2. The van der Waals surface area contributed by atoms with Crippen LogP contribution < -0.4 is 39.3 Å². The van der Waals surface area contributed by atoms with E-state index in [1.165, 1.54) is 6.07 Å². The highest BCUT2D eigenvalue weighted by atomic mass is 32.2. The second-order valence-corrected chi connectivity index (χ2v) is 12.8. The number of amides is 3. The predicted molar refractivity (Wildman–Crippen MR) is 165 cm³/mol. The summed E-state index contributed by atoms with van der Waals surface area (Å²) in [6.07, 6.45) is -14.3. The number of nitrogens with two attached hydrogens (primary N) is 4. The quantitative estimate of drug-likeness (QED) is 0.0793. The largest absolute Gasteiger partial charge is 0.480 e. The number of nitrogen functional groups attached to an aromatic ring is 1. The normalized spacial score (nSPS) is 33.4. The molecule has 15 N–H and O–H groups in total. The van der Waals surface area contributed by atoms with Crippen LogP contribution in [0.15, 0.2) is 17.1 Å². The topological polar surface area (TPSA) is 386 Å². The van der Waals surface area contributed by atoms with Gasteiger partial charge in [0.05, 0.1) is 6.04 Å². The Morgan fingerprint density at radius 3 is 2.38 bits per heavy atom. The van der Waals surface area contributed by atoms with E-state index in [9.17, 15) is 49.2 Å². The first-order chi connectivity index (χ1) is 23.5. The number of hydrogen-bond donors (Lipinski definition) is 11. The molecule has 3 saturated heterocycles. The Labute approximate surface area is 285 Å². The van der Waals surface area contributed by atoms with Crippen molar-refractivity contribution in [2.45, 2.75) is 92.3 Å². The zero-order valence-electron chi connectivity index (χ0n) is 25.9. The van der Waals surface area contributed by atoms with Gasteiger partial charge in [-0.15, -0.1) is 0 Å². The number of carboxylic acids is 3. The van der Waals surface area contributed by atoms with E-state index in [1.807, 2.05) is 0 Å². The Morgan fingerprint density at radius 2 is 1.78 bits per heavy atom. The highest BCUT2D eigenvalue weighted by Gasteiger charge is 2.60. The fourth-order valence-electron chi connectivity index (χ4n) is 5.60. The summed E-state index contributed by atoms with van der Waals surface area (Å²) in [5.41, 5.74) is 21.5. The van der Waals surface area contributed by atoms with Crippen molar-refractivity contribution in [1.82, 2.24) is 20.2 Å². The number of anilines is 1. The molecule has 0 aromatic carbocycles. The zero-order valence-corrected chi connectivity index (χ0v) is 26.7. The molecule has 13 atom stereocenters. The van der Waals surface area contributed by atoms with Crippen LogP contribution in [-0.2, 0) is 38.1 Å². The van der Waals surface area contributed by atoms with E-state index in [0.717, 1.165) is 22.5 Å². The maximum Gasteiger partial charge on any atom is 0.351 e. The van der Waals surface area contributed by atoms with Gasteiger partial charge in [0.1, 0.15) is 54.5 Å². The van der Waals surface area contributed by atoms with Crippen molar-refractivity contribution in [1.29, 1.82) is 0 Å². The number of aliphatic carboxylic acids is 3. The molecule has 3 aliphatic rings. The van der Waals surface area contributed by atoms with Crippen molar-refractivity contribution in [2.75, 3.05) is 17.2 Å². The molecule has 0 aliphatic carbocycles. The van der Waals surface area contributed by atoms with E-state index >= 15 is 0 Å². The van der Waals surface area contributed by atoms with Crippen molar-refractivity contribution in [3.05, 3.63) is 22.7 Å². The SMILES string of the molecule is NC(=O)N[C@H]1[C@H]2O[C@@H](n3ccc(N)nc3=O)[C@H](O)[C@@H]2O[C@H](C(=O)O)[C@@H]1O[C@@H]1O[C@H](C(=O)N[C@@H](CCSC[C@H](N)C(=O)O)C(=O)O)C[C@H](N)[C@H]1O. The van der Waals surface area contributed by atoms with Crippen molar-refractivity contribution in [3.63, 3.8) is 0 Å². The monoisotopic (exact) mass is 734 g/mol. The fourth-order valence-corrected chi connectivity index (χ4v) is 6.57. The molecule has 1 aromatic heterocycles. The molecule has 0 bridgehead atoms. The van der Waals surface area contributed by atoms with Crippen LogP contribution >= 0.6 is 11.8 Å². The smallest absolute Gasteiger partial charge is 0.351 e. The Morgan fingerprint density at radius 1 is 1.08 bits per heavy atom. The van der Waals surface area contributed by atoms with E-state index in [1.54, 1.807) is 0 Å². The number of carbonyl (C=O) groups is 5. The lowest BCUT2D eigenvalue weighted by Gasteiger charge is -2.45. The van der Waals surface area contributed by atoms with Gasteiger partial charge in [0.25, 0.3) is 0 Å². The number of carboxylic acid groups (broad SMARTS) is 3. The minimum absolute atomic E-state index is 0.00962. The van der Waals surface area contributed by atoms with Crippen molar-refractivity contribution in [3.8, 4) is 0 Å². The van der Waals surface area contributed by atoms with Crippen molar-refractivity contribution < 1.29 is 68.5 Å². The van der Waals surface area contributed by atoms with E-state index in [-0.39, 0.29) is 30.2 Å². The number of aromatic nitrogens is 2. The Bertz CT molecular complexity index is 1500. The third-order valence-corrected chi connectivity index (χ3v) is 9.22. The Balaban J connectivity index is 1.52. The van der Waals surface area contributed by atoms with Crippen LogP contribution in [0.1, 0.15) is 19.1 Å². The summed E-state index contributed by atoms with van der Waals surface area (Å²) < 4.78 is 23.8. The molecule has 3 amide bonds. The lowest BCUT2D eigenvalue weighted by atomic mass is 9.90. The highest BCUT2D eigenvalue weighted by Crippen LogP contribution is 2.39. The maximum atomic E-state index is 13.1. The molecule has 3 fully saturated rings. The number of carbonyl (C=O) groups excluding carboxylic acids is 2. The number of rotatable bonds is 14. The molecule has 278 valence electrons. The molecule has 4 rings (SSSR count). The van der Waals surface area contributed by atoms with E-state index in [2.05, 4.69) is 15.6 Å². The summed E-state index contributed by atoms with van der Waals surface area (Å²) in [5.74, 6) is -5.32. The van der Waals surface area contributed by atoms with Crippen LogP contribution in [-0.4, -0.2) is 150 Å². The van der Waals surface area contributed by atoms with Crippen LogP contribution in [0.25, 0.3) is 0 Å². The molecule has 50 heavy (non-hydrogen) atoms. The second kappa shape index (κ2) is 16.3. The number of aliphatic hydroxyl groups is 2. The number of primary amides is 1. The van der Waals surface area contributed by atoms with Crippen LogP contribution in [0.5, 0.6) is 0 Å². The summed E-state index contributed by atoms with van der Waals surface area (Å²) in [4.78, 5) is 76.5. The lowest BCUT2D eigenvalue weighted by molar-refractivity contribution is -0.291. The second-order valence-electron chi connectivity index (χ2n) is 11.6. The van der Waals surface area contributed by atoms with Gasteiger partial charge < -0.3 is 78.0 Å². The number of hydrogen-bond acceptors (Lipinski definition) is 17. The van der Waals surface area contributed by atoms with E-state index in [4.69, 9.17) is 47.0 Å². The van der Waals surface area contributed by atoms with Crippen LogP contribution in [0.2, 0.25) is 0 Å². The molecular formula is C26H38N8O15S. The minimum Gasteiger partial charge on any atom is -0.480 e. The molecule has 0 radical (unpaired) electrons. The molecule has 23 nitrogen and oxygen atoms in total. The summed E-state index contributed by atoms with van der Waals surface area (Å²) in [6, 6.07) is -5.36. The molecule has 0 spiro atoms. The van der Waals surface area contributed by atoms with Gasteiger partial charge in [0.2, 0.25) is 5.91 Å². The number of fused-ring (bicyclic) bond motifs is 1. The standard InChI is InChI=1S/C26H38N8O15S/c27-7-5-10(19(37)31-9(22(40)41)2-4-50-6-8(28)21(38)39)46-24(13(7)35)49-16-12(33-25(30)44)15-17(47-18(16)23(42)43)14(36)20(48-15)34-3-1-11(29)32-26(34)45/h1,3,7-10,12-18,20,24,35-36H,2,4-6,27-28H2,(H,31,37)(H,38,39)(H,40,41)(H,42,43)(H2,29,32,45)(H3,30,33,44)/t7-,8-,9-,10-,12-,13+,14+,15+,16+,17-,18-,20+,24-/m0/s1. The van der Waals surface area contributed by atoms with E-state index < -0.39 is 115 Å². The van der Waals surface area contributed by atoms with Gasteiger partial charge in [-0.05, 0) is 18.2 Å². The predicted octanol–water partition coefficient (Wildman–Crippen LogP) is -5.73. The first-order valence-electron chi connectivity index (χ1n) is 15.0. The molecule has 3 aliphatic heterocycles. The summed E-state index contributed by atoms with van der Waals surface area (Å²) in [6.45, 7) is 0. The van der Waals surface area contributed by atoms with E-state index in [0.29, 0.717) is 0 Å². The molecule has 4 heterocycles. The maximum absolute atomic E-state index is 13.1. The Kier molecular flexibility index (Phi) is 12.6. The van der Waals surface area contributed by atoms with Crippen molar-refractivity contribution >= 4 is 47.4 Å². The summed E-state index contributed by atoms with van der Waals surface area (Å²) >= 11 is 1.06. The fraction of sp³-hybridized carbons (Fsp3) is 0.654. The summed E-state index contributed by atoms with van der Waals surface area (Å²) in [5, 5.41) is 55.1. The average molecular weight is 735 g/mol. The molecule has 24 heteroatoms. The number of aliphatic hydroxyl groups excluding tert-OH is 2. The number of urea groups is 1.